The summed E-state index contributed by atoms with van der Waals surface area (Å²) in [5.74, 6) is 2.76. The average Bonchev–Trinajstić information content (AvgIpc) is 2.83. The van der Waals surface area contributed by atoms with Gasteiger partial charge < -0.3 is 4.90 Å². The Morgan fingerprint density at radius 2 is 1.10 bits per heavy atom. The van der Waals surface area contributed by atoms with Crippen LogP contribution in [0.5, 0.6) is 0 Å². The lowest BCUT2D eigenvalue weighted by molar-refractivity contribution is -0.0476. The normalized spacial score (nSPS) is 23.8. The zero-order chi connectivity index (χ0) is 30.1. The molecule has 7 heteroatoms. The SMILES string of the molecule is CCCCN(CCc1nc(C)nc(CCN(C)C2CC(C)(C)N(C)C(C)(C)C2)n1)C1CC(C)(C)N(C)C(C)(C)C1. The van der Waals surface area contributed by atoms with Crippen LogP contribution in [0.1, 0.15) is 118 Å². The van der Waals surface area contributed by atoms with Crippen molar-refractivity contribution in [3.8, 4) is 0 Å². The summed E-state index contributed by atoms with van der Waals surface area (Å²) in [4.78, 5) is 25.0. The van der Waals surface area contributed by atoms with Gasteiger partial charge in [0.15, 0.2) is 0 Å². The predicted molar refractivity (Wildman–Crippen MR) is 169 cm³/mol. The molecule has 2 aliphatic rings. The van der Waals surface area contributed by atoms with Crippen molar-refractivity contribution in [1.29, 1.82) is 0 Å². The third kappa shape index (κ3) is 8.02. The number of unbranched alkanes of at least 4 members (excludes halogenated alkanes) is 1. The van der Waals surface area contributed by atoms with Crippen LogP contribution in [0, 0.1) is 6.92 Å². The Morgan fingerprint density at radius 1 is 0.675 bits per heavy atom. The van der Waals surface area contributed by atoms with Gasteiger partial charge in [-0.05, 0) is 122 Å². The number of hydrogen-bond acceptors (Lipinski definition) is 7. The monoisotopic (exact) mass is 558 g/mol. The van der Waals surface area contributed by atoms with E-state index < -0.39 is 0 Å². The molecule has 2 fully saturated rings. The maximum absolute atomic E-state index is 4.99. The van der Waals surface area contributed by atoms with E-state index in [1.165, 1.54) is 38.5 Å². The molecule has 3 rings (SSSR count). The molecule has 0 bridgehead atoms. The summed E-state index contributed by atoms with van der Waals surface area (Å²) in [6.07, 6.45) is 9.00. The minimum absolute atomic E-state index is 0.192. The molecule has 0 aliphatic carbocycles. The van der Waals surface area contributed by atoms with Gasteiger partial charge in [0.05, 0.1) is 0 Å². The van der Waals surface area contributed by atoms with Crippen LogP contribution in [0.25, 0.3) is 0 Å². The molecule has 230 valence electrons. The van der Waals surface area contributed by atoms with Gasteiger partial charge in [-0.3, -0.25) is 14.7 Å². The molecule has 0 unspecified atom stereocenters. The Bertz CT molecular complexity index is 934. The molecular formula is C33H63N7. The summed E-state index contributed by atoms with van der Waals surface area (Å²) in [5, 5.41) is 0. The summed E-state index contributed by atoms with van der Waals surface area (Å²) >= 11 is 0. The van der Waals surface area contributed by atoms with Crippen LogP contribution in [-0.4, -0.2) is 110 Å². The van der Waals surface area contributed by atoms with E-state index in [0.29, 0.717) is 12.1 Å². The molecule has 3 heterocycles. The number of aryl methyl sites for hydroxylation is 1. The van der Waals surface area contributed by atoms with E-state index in [1.54, 1.807) is 0 Å². The number of aromatic nitrogens is 3. The van der Waals surface area contributed by atoms with Gasteiger partial charge >= 0.3 is 0 Å². The van der Waals surface area contributed by atoms with Crippen molar-refractivity contribution in [2.24, 2.45) is 0 Å². The first-order chi connectivity index (χ1) is 18.4. The van der Waals surface area contributed by atoms with E-state index in [0.717, 1.165) is 49.9 Å². The summed E-state index contributed by atoms with van der Waals surface area (Å²) < 4.78 is 0. The van der Waals surface area contributed by atoms with Crippen LogP contribution in [0.2, 0.25) is 0 Å². The van der Waals surface area contributed by atoms with E-state index in [4.69, 9.17) is 15.0 Å². The number of piperidine rings is 2. The maximum Gasteiger partial charge on any atom is 0.133 e. The topological polar surface area (TPSA) is 51.6 Å². The Labute approximate surface area is 247 Å². The van der Waals surface area contributed by atoms with Crippen molar-refractivity contribution in [3.63, 3.8) is 0 Å². The van der Waals surface area contributed by atoms with Crippen molar-refractivity contribution >= 4 is 0 Å². The molecule has 2 aliphatic heterocycles. The Hall–Kier alpha value is -1.15. The molecule has 1 aromatic heterocycles. The molecular weight excluding hydrogens is 494 g/mol. The van der Waals surface area contributed by atoms with Crippen molar-refractivity contribution in [3.05, 3.63) is 17.5 Å². The average molecular weight is 558 g/mol. The molecule has 40 heavy (non-hydrogen) atoms. The number of likely N-dealkylation sites (tertiary alicyclic amines) is 2. The Balaban J connectivity index is 1.65. The summed E-state index contributed by atoms with van der Waals surface area (Å²) in [6.45, 7) is 26.6. The lowest BCUT2D eigenvalue weighted by Gasteiger charge is -2.55. The summed E-state index contributed by atoms with van der Waals surface area (Å²) in [5.41, 5.74) is 0.773. The first kappa shape index (κ1) is 33.4. The minimum atomic E-state index is 0.192. The van der Waals surface area contributed by atoms with Gasteiger partial charge in [0, 0.05) is 60.2 Å². The van der Waals surface area contributed by atoms with Gasteiger partial charge in [-0.25, -0.2) is 15.0 Å². The lowest BCUT2D eigenvalue weighted by Crippen LogP contribution is -2.62. The number of hydrogen-bond donors (Lipinski definition) is 0. The second-order valence-corrected chi connectivity index (χ2v) is 15.6. The first-order valence-corrected chi connectivity index (χ1v) is 16.0. The first-order valence-electron chi connectivity index (χ1n) is 16.0. The molecule has 0 spiro atoms. The largest absolute Gasteiger partial charge is 0.303 e. The van der Waals surface area contributed by atoms with Crippen molar-refractivity contribution in [2.45, 2.75) is 155 Å². The van der Waals surface area contributed by atoms with Crippen LogP contribution in [0.3, 0.4) is 0 Å². The third-order valence-electron chi connectivity index (χ3n) is 10.7. The van der Waals surface area contributed by atoms with E-state index in [2.05, 4.69) is 103 Å². The van der Waals surface area contributed by atoms with Gasteiger partial charge in [-0.1, -0.05) is 13.3 Å². The fraction of sp³-hybridized carbons (Fsp3) is 0.909. The quantitative estimate of drug-likeness (QED) is 0.351. The molecule has 0 amide bonds. The highest BCUT2D eigenvalue weighted by molar-refractivity contribution is 5.04. The molecule has 0 atom stereocenters. The van der Waals surface area contributed by atoms with Crippen LogP contribution in [0.15, 0.2) is 0 Å². The fourth-order valence-electron chi connectivity index (χ4n) is 7.57. The zero-order valence-corrected chi connectivity index (χ0v) is 28.6. The van der Waals surface area contributed by atoms with Gasteiger partial charge in [0.1, 0.15) is 17.5 Å². The lowest BCUT2D eigenvalue weighted by atomic mass is 9.77. The second kappa shape index (κ2) is 12.6. The minimum Gasteiger partial charge on any atom is -0.303 e. The summed E-state index contributed by atoms with van der Waals surface area (Å²) in [7, 11) is 6.87. The van der Waals surface area contributed by atoms with Crippen LogP contribution < -0.4 is 0 Å². The highest BCUT2D eigenvalue weighted by Crippen LogP contribution is 2.40. The van der Waals surface area contributed by atoms with Crippen LogP contribution in [-0.2, 0) is 12.8 Å². The van der Waals surface area contributed by atoms with Crippen LogP contribution >= 0.6 is 0 Å². The second-order valence-electron chi connectivity index (χ2n) is 15.6. The van der Waals surface area contributed by atoms with Gasteiger partial charge in [-0.2, -0.15) is 0 Å². The molecule has 0 N–H and O–H groups in total. The van der Waals surface area contributed by atoms with E-state index >= 15 is 0 Å². The van der Waals surface area contributed by atoms with Gasteiger partial charge in [-0.15, -0.1) is 0 Å². The smallest absolute Gasteiger partial charge is 0.133 e. The maximum atomic E-state index is 4.99. The number of rotatable bonds is 11. The standard InChI is InChI=1S/C33H63N7/c1-14-15-18-40(27-23-32(7,8)39(13)33(9,10)24-27)20-17-29-35-25(2)34-28(36-29)16-19-37(11)26-21-30(3,4)38(12)31(5,6)22-26/h26-27H,14-24H2,1-13H3. The van der Waals surface area contributed by atoms with Crippen molar-refractivity contribution in [1.82, 2.24) is 34.6 Å². The molecule has 7 nitrogen and oxygen atoms in total. The Morgan fingerprint density at radius 3 is 1.55 bits per heavy atom. The number of nitrogens with zero attached hydrogens (tertiary/aromatic N) is 7. The van der Waals surface area contributed by atoms with Gasteiger partial charge in [0.25, 0.3) is 0 Å². The molecule has 0 radical (unpaired) electrons. The zero-order valence-electron chi connectivity index (χ0n) is 28.6. The van der Waals surface area contributed by atoms with Crippen molar-refractivity contribution < 1.29 is 0 Å². The van der Waals surface area contributed by atoms with E-state index in [-0.39, 0.29) is 22.2 Å². The molecule has 1 aromatic rings. The van der Waals surface area contributed by atoms with E-state index in [1.807, 2.05) is 6.92 Å². The molecule has 0 aromatic carbocycles. The highest BCUT2D eigenvalue weighted by atomic mass is 15.3. The predicted octanol–water partition coefficient (Wildman–Crippen LogP) is 5.60. The third-order valence-corrected chi connectivity index (χ3v) is 10.7. The van der Waals surface area contributed by atoms with Gasteiger partial charge in [0.2, 0.25) is 0 Å². The highest BCUT2D eigenvalue weighted by Gasteiger charge is 2.45. The van der Waals surface area contributed by atoms with Crippen LogP contribution in [0.4, 0.5) is 0 Å². The summed E-state index contributed by atoms with van der Waals surface area (Å²) in [6, 6.07) is 1.16. The molecule has 0 saturated carbocycles. The number of likely N-dealkylation sites (N-methyl/N-ethyl adjacent to an activating group) is 1. The van der Waals surface area contributed by atoms with E-state index in [9.17, 15) is 0 Å². The van der Waals surface area contributed by atoms with Crippen molar-refractivity contribution in [2.75, 3.05) is 40.8 Å². The fourth-order valence-corrected chi connectivity index (χ4v) is 7.57. The Kier molecular flexibility index (Phi) is 10.5. The molecule has 2 saturated heterocycles.